The average molecular weight is 245 g/mol. The van der Waals surface area contributed by atoms with Crippen LogP contribution in [0, 0.1) is 5.41 Å². The van der Waals surface area contributed by atoms with Gasteiger partial charge in [0.15, 0.2) is 5.13 Å². The summed E-state index contributed by atoms with van der Waals surface area (Å²) in [7, 11) is 0. The molecule has 0 unspecified atom stereocenters. The Bertz CT molecular complexity index is 281. The number of rotatable bonds is 4. The predicted octanol–water partition coefficient (Wildman–Crippen LogP) is 3.74. The van der Waals surface area contributed by atoms with Crippen LogP contribution < -0.4 is 5.32 Å². The quantitative estimate of drug-likeness (QED) is 0.817. The largest absolute Gasteiger partial charge is 0.361 e. The Labute approximate surface area is 100 Å². The summed E-state index contributed by atoms with van der Waals surface area (Å²) >= 11 is 7.78. The molecule has 0 radical (unpaired) electrons. The normalized spacial score (nSPS) is 20.1. The minimum atomic E-state index is 0.311. The van der Waals surface area contributed by atoms with Gasteiger partial charge in [0.1, 0.15) is 0 Å². The number of alkyl halides is 1. The van der Waals surface area contributed by atoms with Crippen molar-refractivity contribution in [2.45, 2.75) is 32.1 Å². The van der Waals surface area contributed by atoms with Crippen LogP contribution in [0.25, 0.3) is 0 Å². The highest BCUT2D eigenvalue weighted by Gasteiger charge is 2.31. The van der Waals surface area contributed by atoms with E-state index in [1.807, 2.05) is 11.6 Å². The van der Waals surface area contributed by atoms with E-state index in [0.29, 0.717) is 5.41 Å². The van der Waals surface area contributed by atoms with Gasteiger partial charge in [-0.1, -0.05) is 19.3 Å². The van der Waals surface area contributed by atoms with E-state index >= 15 is 0 Å². The van der Waals surface area contributed by atoms with E-state index in [0.717, 1.165) is 17.6 Å². The smallest absolute Gasteiger partial charge is 0.182 e. The second-order valence-electron chi connectivity index (χ2n) is 4.39. The molecule has 15 heavy (non-hydrogen) atoms. The van der Waals surface area contributed by atoms with E-state index in [1.54, 1.807) is 11.3 Å². The summed E-state index contributed by atoms with van der Waals surface area (Å²) in [6.07, 6.45) is 8.37. The van der Waals surface area contributed by atoms with Crippen molar-refractivity contribution < 1.29 is 0 Å². The van der Waals surface area contributed by atoms with Gasteiger partial charge >= 0.3 is 0 Å². The van der Waals surface area contributed by atoms with Gasteiger partial charge in [-0.2, -0.15) is 0 Å². The fourth-order valence-electron chi connectivity index (χ4n) is 2.23. The standard InChI is InChI=1S/C11H17ClN2S/c12-8-11(4-2-1-3-5-11)9-14-10-13-6-7-15-10/h6-7H,1-5,8-9H2,(H,13,14). The summed E-state index contributed by atoms with van der Waals surface area (Å²) in [5.41, 5.74) is 0.311. The maximum atomic E-state index is 6.12. The number of anilines is 1. The molecule has 0 saturated heterocycles. The number of nitrogens with zero attached hydrogens (tertiary/aromatic N) is 1. The fourth-order valence-corrected chi connectivity index (χ4v) is 3.12. The van der Waals surface area contributed by atoms with Gasteiger partial charge < -0.3 is 5.32 Å². The molecule has 1 aromatic rings. The zero-order chi connectivity index (χ0) is 10.6. The molecule has 1 aliphatic rings. The zero-order valence-corrected chi connectivity index (χ0v) is 10.4. The molecule has 0 aliphatic heterocycles. The van der Waals surface area contributed by atoms with Crippen molar-refractivity contribution in [3.05, 3.63) is 11.6 Å². The van der Waals surface area contributed by atoms with Crippen molar-refractivity contribution in [3.63, 3.8) is 0 Å². The molecule has 2 nitrogen and oxygen atoms in total. The maximum Gasteiger partial charge on any atom is 0.182 e. The summed E-state index contributed by atoms with van der Waals surface area (Å²) in [5, 5.41) is 6.42. The van der Waals surface area contributed by atoms with Gasteiger partial charge in [0.05, 0.1) is 0 Å². The minimum Gasteiger partial charge on any atom is -0.361 e. The van der Waals surface area contributed by atoms with Crippen LogP contribution in [0.1, 0.15) is 32.1 Å². The van der Waals surface area contributed by atoms with Crippen LogP contribution in [0.5, 0.6) is 0 Å². The number of halogens is 1. The summed E-state index contributed by atoms with van der Waals surface area (Å²) in [6.45, 7) is 0.976. The first-order valence-corrected chi connectivity index (χ1v) is 6.95. The van der Waals surface area contributed by atoms with Crippen LogP contribution in [0.2, 0.25) is 0 Å². The molecule has 1 heterocycles. The van der Waals surface area contributed by atoms with Gasteiger partial charge in [0.25, 0.3) is 0 Å². The monoisotopic (exact) mass is 244 g/mol. The highest BCUT2D eigenvalue weighted by molar-refractivity contribution is 7.13. The lowest BCUT2D eigenvalue weighted by molar-refractivity contribution is 0.238. The Morgan fingerprint density at radius 2 is 2.20 bits per heavy atom. The molecule has 1 saturated carbocycles. The highest BCUT2D eigenvalue weighted by atomic mass is 35.5. The van der Waals surface area contributed by atoms with Crippen molar-refractivity contribution >= 4 is 28.1 Å². The highest BCUT2D eigenvalue weighted by Crippen LogP contribution is 2.37. The molecule has 1 aliphatic carbocycles. The lowest BCUT2D eigenvalue weighted by Gasteiger charge is -2.35. The van der Waals surface area contributed by atoms with Crippen molar-refractivity contribution in [2.24, 2.45) is 5.41 Å². The lowest BCUT2D eigenvalue weighted by Crippen LogP contribution is -2.33. The molecular formula is C11H17ClN2S. The Morgan fingerprint density at radius 3 is 2.80 bits per heavy atom. The molecule has 2 rings (SSSR count). The molecular weight excluding hydrogens is 228 g/mol. The molecule has 1 N–H and O–H groups in total. The third-order valence-corrected chi connectivity index (χ3v) is 4.54. The van der Waals surface area contributed by atoms with E-state index in [1.165, 1.54) is 32.1 Å². The molecule has 0 atom stereocenters. The van der Waals surface area contributed by atoms with Crippen LogP contribution in [0.15, 0.2) is 11.6 Å². The number of aromatic nitrogens is 1. The maximum absolute atomic E-state index is 6.12. The van der Waals surface area contributed by atoms with E-state index in [2.05, 4.69) is 10.3 Å². The Hall–Kier alpha value is -0.280. The summed E-state index contributed by atoms with van der Waals surface area (Å²) in [5.74, 6) is 0.769. The van der Waals surface area contributed by atoms with Crippen LogP contribution in [0.4, 0.5) is 5.13 Å². The van der Waals surface area contributed by atoms with Gasteiger partial charge in [-0.15, -0.1) is 22.9 Å². The van der Waals surface area contributed by atoms with Gasteiger partial charge in [-0.3, -0.25) is 0 Å². The Balaban J connectivity index is 1.89. The number of nitrogens with one attached hydrogen (secondary N) is 1. The summed E-state index contributed by atoms with van der Waals surface area (Å²) in [4.78, 5) is 4.23. The van der Waals surface area contributed by atoms with Crippen molar-refractivity contribution in [2.75, 3.05) is 17.7 Å². The first-order chi connectivity index (χ1) is 7.35. The first kappa shape index (κ1) is 11.2. The SMILES string of the molecule is ClCC1(CNc2nccs2)CCCCC1. The predicted molar refractivity (Wildman–Crippen MR) is 66.8 cm³/mol. The molecule has 1 fully saturated rings. The van der Waals surface area contributed by atoms with E-state index < -0.39 is 0 Å². The third kappa shape index (κ3) is 2.85. The molecule has 4 heteroatoms. The van der Waals surface area contributed by atoms with E-state index in [-0.39, 0.29) is 0 Å². The van der Waals surface area contributed by atoms with Gasteiger partial charge in [0.2, 0.25) is 0 Å². The minimum absolute atomic E-state index is 0.311. The molecule has 0 amide bonds. The molecule has 0 aromatic carbocycles. The van der Waals surface area contributed by atoms with Crippen LogP contribution in [0.3, 0.4) is 0 Å². The average Bonchev–Trinajstić information content (AvgIpc) is 2.81. The number of thiazole rings is 1. The lowest BCUT2D eigenvalue weighted by atomic mass is 9.75. The summed E-state index contributed by atoms with van der Waals surface area (Å²) in [6, 6.07) is 0. The van der Waals surface area contributed by atoms with Crippen LogP contribution in [-0.4, -0.2) is 17.4 Å². The second-order valence-corrected chi connectivity index (χ2v) is 5.55. The van der Waals surface area contributed by atoms with Gasteiger partial charge in [-0.25, -0.2) is 4.98 Å². The van der Waals surface area contributed by atoms with E-state index in [9.17, 15) is 0 Å². The van der Waals surface area contributed by atoms with Gasteiger partial charge in [0, 0.05) is 29.4 Å². The molecule has 84 valence electrons. The second kappa shape index (κ2) is 5.17. The molecule has 0 spiro atoms. The Morgan fingerprint density at radius 1 is 1.40 bits per heavy atom. The number of hydrogen-bond acceptors (Lipinski definition) is 3. The van der Waals surface area contributed by atoms with Crippen LogP contribution in [-0.2, 0) is 0 Å². The van der Waals surface area contributed by atoms with Crippen LogP contribution >= 0.6 is 22.9 Å². The van der Waals surface area contributed by atoms with Crippen molar-refractivity contribution in [1.82, 2.24) is 4.98 Å². The Kier molecular flexibility index (Phi) is 3.87. The van der Waals surface area contributed by atoms with Crippen molar-refractivity contribution in [1.29, 1.82) is 0 Å². The molecule has 0 bridgehead atoms. The zero-order valence-electron chi connectivity index (χ0n) is 8.84. The topological polar surface area (TPSA) is 24.9 Å². The summed E-state index contributed by atoms with van der Waals surface area (Å²) < 4.78 is 0. The molecule has 1 aromatic heterocycles. The van der Waals surface area contributed by atoms with E-state index in [4.69, 9.17) is 11.6 Å². The number of hydrogen-bond donors (Lipinski definition) is 1. The third-order valence-electron chi connectivity index (χ3n) is 3.24. The van der Waals surface area contributed by atoms with Gasteiger partial charge in [-0.05, 0) is 12.8 Å². The first-order valence-electron chi connectivity index (χ1n) is 5.54. The fraction of sp³-hybridized carbons (Fsp3) is 0.727. The van der Waals surface area contributed by atoms with Crippen molar-refractivity contribution in [3.8, 4) is 0 Å².